The first-order valence-corrected chi connectivity index (χ1v) is 10.8. The quantitative estimate of drug-likeness (QED) is 0.370. The van der Waals surface area contributed by atoms with Crippen LogP contribution in [-0.4, -0.2) is 25.2 Å². The summed E-state index contributed by atoms with van der Waals surface area (Å²) in [4.78, 5) is 14.6. The van der Waals surface area contributed by atoms with Crippen molar-refractivity contribution in [3.8, 4) is 17.2 Å². The summed E-state index contributed by atoms with van der Waals surface area (Å²) in [5.41, 5.74) is 2.55. The Hall–Kier alpha value is -3.55. The van der Waals surface area contributed by atoms with Gasteiger partial charge in [-0.15, -0.1) is 0 Å². The topological polar surface area (TPSA) is 60.0 Å². The highest BCUT2D eigenvalue weighted by Gasteiger charge is 2.33. The molecule has 33 heavy (non-hydrogen) atoms. The van der Waals surface area contributed by atoms with Gasteiger partial charge >= 0.3 is 0 Å². The molecule has 1 amide bonds. The van der Waals surface area contributed by atoms with Gasteiger partial charge in [0, 0.05) is 10.6 Å². The fraction of sp³-hybridized carbons (Fsp3) is 0.120. The monoisotopic (exact) mass is 480 g/mol. The van der Waals surface area contributed by atoms with Crippen molar-refractivity contribution < 1.29 is 19.0 Å². The Balaban J connectivity index is 1.59. The number of benzene rings is 3. The molecular weight excluding hydrogens is 460 g/mol. The number of methoxy groups -OCH3 is 2. The van der Waals surface area contributed by atoms with Crippen molar-refractivity contribution in [2.45, 2.75) is 6.61 Å². The highest BCUT2D eigenvalue weighted by Crippen LogP contribution is 2.32. The Morgan fingerprint density at radius 3 is 2.55 bits per heavy atom. The van der Waals surface area contributed by atoms with Crippen molar-refractivity contribution in [2.24, 2.45) is 0 Å². The average molecular weight is 481 g/mol. The summed E-state index contributed by atoms with van der Waals surface area (Å²) < 4.78 is 16.7. The van der Waals surface area contributed by atoms with E-state index in [1.54, 1.807) is 44.6 Å². The Labute approximate surface area is 202 Å². The minimum absolute atomic E-state index is 0.267. The SMILES string of the molecule is COc1ccc(/C=C2/NC(=S)N(c3ccccc3OC)C2=O)cc1COc1cccc(Cl)c1. The number of nitrogens with zero attached hydrogens (tertiary/aromatic N) is 1. The van der Waals surface area contributed by atoms with E-state index in [0.29, 0.717) is 33.7 Å². The second kappa shape index (κ2) is 9.94. The third-order valence-electron chi connectivity index (χ3n) is 5.01. The third-order valence-corrected chi connectivity index (χ3v) is 5.53. The van der Waals surface area contributed by atoms with Crippen molar-refractivity contribution in [3.63, 3.8) is 0 Å². The molecule has 1 saturated heterocycles. The van der Waals surface area contributed by atoms with Crippen molar-refractivity contribution >= 4 is 46.6 Å². The number of hydrogen-bond donors (Lipinski definition) is 1. The highest BCUT2D eigenvalue weighted by atomic mass is 35.5. The molecule has 0 aromatic heterocycles. The fourth-order valence-corrected chi connectivity index (χ4v) is 3.93. The Kier molecular flexibility index (Phi) is 6.82. The van der Waals surface area contributed by atoms with Gasteiger partial charge in [0.25, 0.3) is 5.91 Å². The van der Waals surface area contributed by atoms with E-state index in [0.717, 1.165) is 11.1 Å². The van der Waals surface area contributed by atoms with E-state index < -0.39 is 0 Å². The van der Waals surface area contributed by atoms with Crippen LogP contribution in [0.5, 0.6) is 17.2 Å². The van der Waals surface area contributed by atoms with Gasteiger partial charge in [-0.25, -0.2) is 4.90 Å². The van der Waals surface area contributed by atoms with Gasteiger partial charge in [0.2, 0.25) is 0 Å². The lowest BCUT2D eigenvalue weighted by molar-refractivity contribution is -0.113. The van der Waals surface area contributed by atoms with Gasteiger partial charge in [0.15, 0.2) is 5.11 Å². The lowest BCUT2D eigenvalue weighted by atomic mass is 10.1. The van der Waals surface area contributed by atoms with Crippen LogP contribution in [0.2, 0.25) is 5.02 Å². The van der Waals surface area contributed by atoms with Crippen molar-refractivity contribution in [1.29, 1.82) is 0 Å². The van der Waals surface area contributed by atoms with Gasteiger partial charge in [0.1, 0.15) is 29.6 Å². The van der Waals surface area contributed by atoms with E-state index in [2.05, 4.69) is 5.32 Å². The molecule has 1 N–H and O–H groups in total. The highest BCUT2D eigenvalue weighted by molar-refractivity contribution is 7.80. The smallest absolute Gasteiger partial charge is 0.281 e. The average Bonchev–Trinajstić information content (AvgIpc) is 3.10. The minimum Gasteiger partial charge on any atom is -0.496 e. The van der Waals surface area contributed by atoms with Crippen molar-refractivity contribution in [1.82, 2.24) is 5.32 Å². The van der Waals surface area contributed by atoms with E-state index in [1.807, 2.05) is 42.5 Å². The molecule has 8 heteroatoms. The molecule has 3 aromatic rings. The predicted octanol–water partition coefficient (Wildman–Crippen LogP) is 5.20. The van der Waals surface area contributed by atoms with Crippen LogP contribution in [0.4, 0.5) is 5.69 Å². The largest absolute Gasteiger partial charge is 0.496 e. The van der Waals surface area contributed by atoms with E-state index in [-0.39, 0.29) is 17.6 Å². The number of para-hydroxylation sites is 2. The molecule has 168 valence electrons. The van der Waals surface area contributed by atoms with Crippen LogP contribution in [-0.2, 0) is 11.4 Å². The molecule has 0 aliphatic carbocycles. The molecule has 0 spiro atoms. The molecule has 0 atom stereocenters. The van der Waals surface area contributed by atoms with Crippen LogP contribution in [0.1, 0.15) is 11.1 Å². The summed E-state index contributed by atoms with van der Waals surface area (Å²) >= 11 is 11.5. The lowest BCUT2D eigenvalue weighted by Gasteiger charge is -2.17. The predicted molar refractivity (Wildman–Crippen MR) is 133 cm³/mol. The van der Waals surface area contributed by atoms with Gasteiger partial charge in [-0.3, -0.25) is 4.79 Å². The molecule has 1 heterocycles. The minimum atomic E-state index is -0.267. The maximum atomic E-state index is 13.1. The van der Waals surface area contributed by atoms with Gasteiger partial charge in [-0.2, -0.15) is 0 Å². The number of anilines is 1. The second-order valence-electron chi connectivity index (χ2n) is 7.12. The number of rotatable bonds is 7. The summed E-state index contributed by atoms with van der Waals surface area (Å²) in [7, 11) is 3.15. The van der Waals surface area contributed by atoms with Crippen LogP contribution in [0.3, 0.4) is 0 Å². The summed E-state index contributed by atoms with van der Waals surface area (Å²) in [5, 5.41) is 3.88. The van der Waals surface area contributed by atoms with Crippen LogP contribution >= 0.6 is 23.8 Å². The van der Waals surface area contributed by atoms with Gasteiger partial charge in [-0.1, -0.05) is 35.9 Å². The second-order valence-corrected chi connectivity index (χ2v) is 7.94. The number of ether oxygens (including phenoxy) is 3. The zero-order valence-corrected chi connectivity index (χ0v) is 19.6. The number of amides is 1. The Bertz CT molecular complexity index is 1240. The molecule has 1 aliphatic heterocycles. The van der Waals surface area contributed by atoms with E-state index in [9.17, 15) is 4.79 Å². The summed E-state index contributed by atoms with van der Waals surface area (Å²) in [5.74, 6) is 1.62. The zero-order valence-electron chi connectivity index (χ0n) is 18.0. The van der Waals surface area contributed by atoms with Gasteiger partial charge < -0.3 is 19.5 Å². The third kappa shape index (κ3) is 4.94. The Morgan fingerprint density at radius 2 is 1.79 bits per heavy atom. The number of hydrogen-bond acceptors (Lipinski definition) is 5. The van der Waals surface area contributed by atoms with Crippen LogP contribution < -0.4 is 24.4 Å². The first kappa shape index (κ1) is 22.6. The molecule has 1 aliphatic rings. The molecule has 0 unspecified atom stereocenters. The standard InChI is InChI=1S/C25H21ClN2O4S/c1-30-22-11-10-16(12-17(22)15-32-19-7-5-6-18(26)14-19)13-20-24(29)28(25(33)27-20)21-8-3-4-9-23(21)31-2/h3-14H,15H2,1-2H3,(H,27,33)/b20-13+. The molecule has 0 saturated carbocycles. The molecule has 3 aromatic carbocycles. The number of carbonyl (C=O) groups excluding carboxylic acids is 1. The maximum absolute atomic E-state index is 13.1. The number of thiocarbonyl (C=S) groups is 1. The number of nitrogens with one attached hydrogen (secondary N) is 1. The summed E-state index contributed by atoms with van der Waals surface area (Å²) in [6.07, 6.45) is 1.74. The maximum Gasteiger partial charge on any atom is 0.281 e. The molecule has 0 radical (unpaired) electrons. The number of halogens is 1. The zero-order chi connectivity index (χ0) is 23.4. The molecule has 4 rings (SSSR count). The van der Waals surface area contributed by atoms with Gasteiger partial charge in [0.05, 0.1) is 19.9 Å². The van der Waals surface area contributed by atoms with Crippen molar-refractivity contribution in [2.75, 3.05) is 19.1 Å². The van der Waals surface area contributed by atoms with Gasteiger partial charge in [-0.05, 0) is 66.3 Å². The molecule has 1 fully saturated rings. The van der Waals surface area contributed by atoms with E-state index in [4.69, 9.17) is 38.0 Å². The number of carbonyl (C=O) groups is 1. The summed E-state index contributed by atoms with van der Waals surface area (Å²) in [6.45, 7) is 0.271. The molecule has 6 nitrogen and oxygen atoms in total. The first-order chi connectivity index (χ1) is 16.0. The van der Waals surface area contributed by atoms with Crippen LogP contribution in [0.25, 0.3) is 6.08 Å². The van der Waals surface area contributed by atoms with E-state index >= 15 is 0 Å². The van der Waals surface area contributed by atoms with Crippen LogP contribution in [0, 0.1) is 0 Å². The first-order valence-electron chi connectivity index (χ1n) is 10.1. The lowest BCUT2D eigenvalue weighted by Crippen LogP contribution is -2.30. The van der Waals surface area contributed by atoms with E-state index in [1.165, 1.54) is 4.90 Å². The summed E-state index contributed by atoms with van der Waals surface area (Å²) in [6, 6.07) is 20.0. The van der Waals surface area contributed by atoms with Crippen LogP contribution in [0.15, 0.2) is 72.4 Å². The normalized spacial score (nSPS) is 14.4. The fourth-order valence-electron chi connectivity index (χ4n) is 3.45. The Morgan fingerprint density at radius 1 is 1.00 bits per heavy atom. The molecular formula is C25H21ClN2O4S. The molecule has 0 bridgehead atoms. The van der Waals surface area contributed by atoms with Crippen molar-refractivity contribution in [3.05, 3.63) is 88.6 Å².